The molecule has 1 N–H and O–H groups in total. The van der Waals surface area contributed by atoms with Crippen LogP contribution in [0, 0.1) is 11.3 Å². The van der Waals surface area contributed by atoms with Crippen LogP contribution in [-0.2, 0) is 9.53 Å². The molecule has 2 rings (SSSR count). The van der Waals surface area contributed by atoms with E-state index >= 15 is 0 Å². The van der Waals surface area contributed by atoms with Crippen LogP contribution >= 0.6 is 0 Å². The molecule has 2 fully saturated rings. The maximum absolute atomic E-state index is 11.8. The van der Waals surface area contributed by atoms with Crippen LogP contribution in [0.25, 0.3) is 0 Å². The van der Waals surface area contributed by atoms with Gasteiger partial charge in [-0.15, -0.1) is 0 Å². The Labute approximate surface area is 107 Å². The molecule has 0 spiro atoms. The zero-order valence-electron chi connectivity index (χ0n) is 11.2. The predicted octanol–water partition coefficient (Wildman–Crippen LogP) is 2.11. The first-order valence-electron chi connectivity index (χ1n) is 6.42. The largest absolute Gasteiger partial charge is 0.481 e. The summed E-state index contributed by atoms with van der Waals surface area (Å²) in [7, 11) is 0. The third-order valence-electron chi connectivity index (χ3n) is 3.61. The Morgan fingerprint density at radius 3 is 2.28 bits per heavy atom. The molecule has 0 radical (unpaired) electrons. The lowest BCUT2D eigenvalue weighted by molar-refractivity contribution is -0.144. The van der Waals surface area contributed by atoms with E-state index in [0.717, 1.165) is 12.8 Å². The zero-order valence-corrected chi connectivity index (χ0v) is 11.2. The van der Waals surface area contributed by atoms with Crippen LogP contribution in [0.1, 0.15) is 40.0 Å². The van der Waals surface area contributed by atoms with E-state index in [1.807, 2.05) is 20.8 Å². The van der Waals surface area contributed by atoms with E-state index in [9.17, 15) is 9.59 Å². The van der Waals surface area contributed by atoms with Gasteiger partial charge in [0.15, 0.2) is 0 Å². The van der Waals surface area contributed by atoms with Crippen LogP contribution in [-0.4, -0.2) is 40.8 Å². The van der Waals surface area contributed by atoms with Crippen LogP contribution in [0.15, 0.2) is 0 Å². The molecule has 1 amide bonds. The van der Waals surface area contributed by atoms with Gasteiger partial charge in [0.25, 0.3) is 0 Å². The molecule has 2 aliphatic rings. The Bertz CT molecular complexity index is 362. The molecular formula is C13H21NO4. The highest BCUT2D eigenvalue weighted by atomic mass is 16.6. The minimum absolute atomic E-state index is 0.164. The number of nitrogens with zero attached hydrogens (tertiary/aromatic N) is 1. The van der Waals surface area contributed by atoms with E-state index in [2.05, 4.69) is 0 Å². The summed E-state index contributed by atoms with van der Waals surface area (Å²) >= 11 is 0. The topological polar surface area (TPSA) is 66.8 Å². The number of carboxylic acids is 1. The van der Waals surface area contributed by atoms with E-state index in [4.69, 9.17) is 9.84 Å². The molecule has 5 heteroatoms. The molecule has 1 aliphatic carbocycles. The number of carbonyl (C=O) groups is 2. The van der Waals surface area contributed by atoms with Crippen molar-refractivity contribution in [2.24, 2.45) is 11.3 Å². The summed E-state index contributed by atoms with van der Waals surface area (Å²) in [5.74, 6) is -0.293. The van der Waals surface area contributed by atoms with Crippen molar-refractivity contribution >= 4 is 12.1 Å². The zero-order chi connectivity index (χ0) is 13.6. The summed E-state index contributed by atoms with van der Waals surface area (Å²) in [5.41, 5.74) is -0.690. The summed E-state index contributed by atoms with van der Waals surface area (Å²) in [5, 5.41) is 8.97. The van der Waals surface area contributed by atoms with Crippen molar-refractivity contribution < 1.29 is 19.4 Å². The van der Waals surface area contributed by atoms with E-state index in [-0.39, 0.29) is 17.9 Å². The first-order chi connectivity index (χ1) is 8.22. The van der Waals surface area contributed by atoms with Gasteiger partial charge < -0.3 is 14.7 Å². The van der Waals surface area contributed by atoms with Crippen molar-refractivity contribution in [2.75, 3.05) is 13.1 Å². The van der Waals surface area contributed by atoms with Crippen LogP contribution in [0.5, 0.6) is 0 Å². The summed E-state index contributed by atoms with van der Waals surface area (Å²) < 4.78 is 5.28. The van der Waals surface area contributed by atoms with E-state index in [0.29, 0.717) is 19.0 Å². The molecule has 0 aromatic heterocycles. The SMILES string of the molecule is CC(C)(C)OC(=O)N1CC(CC(=O)O)(C2CC2)C1. The number of likely N-dealkylation sites (tertiary alicyclic amines) is 1. The van der Waals surface area contributed by atoms with E-state index < -0.39 is 11.6 Å². The average molecular weight is 255 g/mol. The van der Waals surface area contributed by atoms with Crippen molar-refractivity contribution in [3.63, 3.8) is 0 Å². The Balaban J connectivity index is 1.90. The lowest BCUT2D eigenvalue weighted by Gasteiger charge is -2.49. The highest BCUT2D eigenvalue weighted by Gasteiger charge is 2.55. The number of ether oxygens (including phenoxy) is 1. The highest BCUT2D eigenvalue weighted by Crippen LogP contribution is 2.53. The molecule has 5 nitrogen and oxygen atoms in total. The predicted molar refractivity (Wildman–Crippen MR) is 65.2 cm³/mol. The first kappa shape index (κ1) is 13.2. The second kappa shape index (κ2) is 4.14. The van der Waals surface area contributed by atoms with Gasteiger partial charge in [0.1, 0.15) is 5.60 Å². The minimum Gasteiger partial charge on any atom is -0.481 e. The van der Waals surface area contributed by atoms with Gasteiger partial charge in [0.05, 0.1) is 6.42 Å². The Kier molecular flexibility index (Phi) is 3.03. The van der Waals surface area contributed by atoms with Gasteiger partial charge in [-0.05, 0) is 39.5 Å². The maximum atomic E-state index is 11.8. The number of carboxylic acid groups (broad SMARTS) is 1. The lowest BCUT2D eigenvalue weighted by Crippen LogP contribution is -2.61. The van der Waals surface area contributed by atoms with Crippen LogP contribution < -0.4 is 0 Å². The third-order valence-corrected chi connectivity index (χ3v) is 3.61. The van der Waals surface area contributed by atoms with E-state index in [1.54, 1.807) is 4.90 Å². The molecule has 0 atom stereocenters. The molecule has 1 heterocycles. The first-order valence-corrected chi connectivity index (χ1v) is 6.42. The van der Waals surface area contributed by atoms with Crippen LogP contribution in [0.2, 0.25) is 0 Å². The van der Waals surface area contributed by atoms with Gasteiger partial charge in [-0.2, -0.15) is 0 Å². The average Bonchev–Trinajstić information content (AvgIpc) is 2.89. The van der Waals surface area contributed by atoms with Crippen LogP contribution in [0.4, 0.5) is 4.79 Å². The molecule has 1 saturated carbocycles. The number of carbonyl (C=O) groups excluding carboxylic acids is 1. The monoisotopic (exact) mass is 255 g/mol. The quantitative estimate of drug-likeness (QED) is 0.838. The van der Waals surface area contributed by atoms with Crippen molar-refractivity contribution in [3.05, 3.63) is 0 Å². The van der Waals surface area contributed by atoms with Gasteiger partial charge in [-0.1, -0.05) is 0 Å². The Hall–Kier alpha value is -1.26. The third kappa shape index (κ3) is 2.76. The second-order valence-corrected chi connectivity index (χ2v) is 6.54. The fourth-order valence-electron chi connectivity index (χ4n) is 2.68. The molecule has 0 unspecified atom stereocenters. The van der Waals surface area contributed by atoms with Crippen molar-refractivity contribution in [3.8, 4) is 0 Å². The molecule has 18 heavy (non-hydrogen) atoms. The number of hydrogen-bond donors (Lipinski definition) is 1. The van der Waals surface area contributed by atoms with Crippen molar-refractivity contribution in [1.82, 2.24) is 4.90 Å². The summed E-state index contributed by atoms with van der Waals surface area (Å²) in [6.07, 6.45) is 2.02. The number of hydrogen-bond acceptors (Lipinski definition) is 3. The van der Waals surface area contributed by atoms with Gasteiger partial charge in [-0.25, -0.2) is 4.79 Å². The fraction of sp³-hybridized carbons (Fsp3) is 0.846. The molecule has 0 aromatic carbocycles. The molecule has 1 aliphatic heterocycles. The molecule has 0 bridgehead atoms. The fourth-order valence-corrected chi connectivity index (χ4v) is 2.68. The normalized spacial score (nSPS) is 22.3. The van der Waals surface area contributed by atoms with E-state index in [1.165, 1.54) is 0 Å². The van der Waals surface area contributed by atoms with Gasteiger partial charge in [-0.3, -0.25) is 4.79 Å². The standard InChI is InChI=1S/C13H21NO4/c1-12(2,3)18-11(17)14-7-13(8-14,6-10(15)16)9-4-5-9/h9H,4-8H2,1-3H3,(H,15,16). The number of rotatable bonds is 3. The smallest absolute Gasteiger partial charge is 0.410 e. The van der Waals surface area contributed by atoms with Crippen molar-refractivity contribution in [1.29, 1.82) is 0 Å². The summed E-state index contributed by atoms with van der Waals surface area (Å²) in [6.45, 7) is 6.54. The highest BCUT2D eigenvalue weighted by molar-refractivity contribution is 5.72. The maximum Gasteiger partial charge on any atom is 0.410 e. The number of aliphatic carboxylic acids is 1. The van der Waals surface area contributed by atoms with Gasteiger partial charge >= 0.3 is 12.1 Å². The van der Waals surface area contributed by atoms with Crippen molar-refractivity contribution in [2.45, 2.75) is 45.6 Å². The molecule has 0 aromatic rings. The summed E-state index contributed by atoms with van der Waals surface area (Å²) in [4.78, 5) is 24.3. The van der Waals surface area contributed by atoms with Crippen LogP contribution in [0.3, 0.4) is 0 Å². The molecular weight excluding hydrogens is 234 g/mol. The van der Waals surface area contributed by atoms with Gasteiger partial charge in [0, 0.05) is 18.5 Å². The molecule has 1 saturated heterocycles. The lowest BCUT2D eigenvalue weighted by atomic mass is 9.72. The van der Waals surface area contributed by atoms with Gasteiger partial charge in [0.2, 0.25) is 0 Å². The molecule has 102 valence electrons. The Morgan fingerprint density at radius 1 is 1.33 bits per heavy atom. The second-order valence-electron chi connectivity index (χ2n) is 6.54. The summed E-state index contributed by atoms with van der Waals surface area (Å²) in [6, 6.07) is 0. The number of amides is 1. The Morgan fingerprint density at radius 2 is 1.89 bits per heavy atom. The minimum atomic E-state index is -0.772.